The lowest BCUT2D eigenvalue weighted by Crippen LogP contribution is -2.36. The topological polar surface area (TPSA) is 295 Å². The number of alkyl halides is 1. The summed E-state index contributed by atoms with van der Waals surface area (Å²) in [5.41, 5.74) is 12.0. The van der Waals surface area contributed by atoms with Crippen molar-refractivity contribution in [1.29, 1.82) is 0 Å². The summed E-state index contributed by atoms with van der Waals surface area (Å²) in [6.07, 6.45) is -9.38. The number of nitrogens with two attached hydrogens (primary N) is 2. The van der Waals surface area contributed by atoms with E-state index in [0.717, 1.165) is 23.5 Å². The van der Waals surface area contributed by atoms with Crippen molar-refractivity contribution in [2.45, 2.75) is 49.1 Å². The molecule has 0 spiro atoms. The van der Waals surface area contributed by atoms with Crippen LogP contribution in [0.1, 0.15) is 12.5 Å². The van der Waals surface area contributed by atoms with Gasteiger partial charge >= 0.3 is 0 Å². The minimum absolute atomic E-state index is 0.00394. The number of hydrogen-bond acceptors (Lipinski definition) is 19. The SMILES string of the molecule is Nc1ncnc2c1ncn2[C@@H]1O[C@@H]2COP(=O)([O-])O[C@H]3C(O)[C@@H](COP(=O)([O-])O[C@@H]2C1F)O[C@H]3n1cnc2c(N)ncnc21. The van der Waals surface area contributed by atoms with Gasteiger partial charge in [0.2, 0.25) is 0 Å². The Labute approximate surface area is 244 Å². The Bertz CT molecular complexity index is 1830. The number of imidazole rings is 2. The van der Waals surface area contributed by atoms with Crippen molar-refractivity contribution in [3.63, 3.8) is 0 Å². The Morgan fingerprint density at radius 1 is 0.795 bits per heavy atom. The van der Waals surface area contributed by atoms with Crippen LogP contribution in [0.4, 0.5) is 16.0 Å². The molecular weight excluding hydrogens is 637 g/mol. The molecular formula is C20H21FN10O11P2-2. The van der Waals surface area contributed by atoms with Gasteiger partial charge in [0.1, 0.15) is 54.2 Å². The lowest BCUT2D eigenvalue weighted by atomic mass is 10.1. The summed E-state index contributed by atoms with van der Waals surface area (Å²) in [7, 11) is -10.7. The summed E-state index contributed by atoms with van der Waals surface area (Å²) < 4.78 is 75.6. The van der Waals surface area contributed by atoms with E-state index in [1.165, 1.54) is 10.9 Å². The van der Waals surface area contributed by atoms with Crippen LogP contribution in [0, 0.1) is 0 Å². The molecule has 3 aliphatic heterocycles. The first-order valence-electron chi connectivity index (χ1n) is 12.7. The molecule has 7 heterocycles. The van der Waals surface area contributed by atoms with Gasteiger partial charge in [-0.1, -0.05) is 0 Å². The standard InChI is InChI=1S/C20H23FN10O11P2/c21-9-13-8(40-19(9)30-5-28-10-15(22)24-3-26-17(10)30)2-38-44(35,36)42-14-12(32)7(1-37-43(33,34)41-13)39-20(14)31-6-29-11-16(23)25-4-27-18(11)31/h3-9,12-14,19-20,32H,1-2H2,(H,33,34)(H,35,36)(H2,22,24,26)(H2,23,25,27)/p-2/t7-,8-,9?,12?,13+,14+,19-,20-/m1/s1. The van der Waals surface area contributed by atoms with E-state index in [0.29, 0.717) is 0 Å². The number of hydrogen-bond donors (Lipinski definition) is 3. The number of ether oxygens (including phenoxy) is 2. The molecule has 0 saturated carbocycles. The molecule has 4 aromatic rings. The van der Waals surface area contributed by atoms with Crippen LogP contribution < -0.4 is 21.3 Å². The molecule has 0 aliphatic carbocycles. The van der Waals surface area contributed by atoms with E-state index in [1.807, 2.05) is 0 Å². The Balaban J connectivity index is 1.20. The highest BCUT2D eigenvalue weighted by atomic mass is 31.2. The van der Waals surface area contributed by atoms with Crippen molar-refractivity contribution >= 4 is 49.6 Å². The number of fused-ring (bicyclic) bond motifs is 5. The van der Waals surface area contributed by atoms with E-state index in [9.17, 15) is 24.0 Å². The van der Waals surface area contributed by atoms with Gasteiger partial charge in [-0.2, -0.15) is 0 Å². The maximum Gasteiger partial charge on any atom is 0.268 e. The number of anilines is 2. The van der Waals surface area contributed by atoms with E-state index in [-0.39, 0.29) is 34.0 Å². The second kappa shape index (κ2) is 10.7. The number of rotatable bonds is 2. The average Bonchev–Trinajstić information content (AvgIpc) is 3.73. The minimum atomic E-state index is -5.37. The summed E-state index contributed by atoms with van der Waals surface area (Å²) in [4.78, 5) is 49.7. The first kappa shape index (κ1) is 29.4. The van der Waals surface area contributed by atoms with Gasteiger partial charge in [-0.3, -0.25) is 18.3 Å². The zero-order chi connectivity index (χ0) is 31.0. The van der Waals surface area contributed by atoms with E-state index < -0.39 is 78.0 Å². The molecule has 236 valence electrons. The summed E-state index contributed by atoms with van der Waals surface area (Å²) in [6.45, 7) is -1.85. The minimum Gasteiger partial charge on any atom is -0.756 e. The number of halogens is 1. The van der Waals surface area contributed by atoms with Crippen LogP contribution in [0.5, 0.6) is 0 Å². The molecule has 2 bridgehead atoms. The van der Waals surface area contributed by atoms with Crippen LogP contribution in [0.2, 0.25) is 0 Å². The van der Waals surface area contributed by atoms with Gasteiger partial charge < -0.3 is 53.9 Å². The second-order valence-corrected chi connectivity index (χ2v) is 12.6. The fourth-order valence-corrected chi connectivity index (χ4v) is 7.03. The molecule has 0 amide bonds. The number of phosphoric ester groups is 2. The molecule has 5 N–H and O–H groups in total. The van der Waals surface area contributed by atoms with Crippen molar-refractivity contribution < 1.29 is 56.0 Å². The van der Waals surface area contributed by atoms with Crippen molar-refractivity contribution in [2.75, 3.05) is 24.7 Å². The molecule has 3 saturated heterocycles. The number of nitrogen functional groups attached to an aromatic ring is 2. The van der Waals surface area contributed by atoms with E-state index in [1.54, 1.807) is 0 Å². The van der Waals surface area contributed by atoms with Gasteiger partial charge in [0.05, 0.1) is 25.9 Å². The molecule has 44 heavy (non-hydrogen) atoms. The Morgan fingerprint density at radius 2 is 1.30 bits per heavy atom. The Hall–Kier alpha value is -3.27. The van der Waals surface area contributed by atoms with Gasteiger partial charge in [0, 0.05) is 0 Å². The zero-order valence-corrected chi connectivity index (χ0v) is 23.7. The Kier molecular flexibility index (Phi) is 7.14. The predicted octanol–water partition coefficient (Wildman–Crippen LogP) is -1.92. The van der Waals surface area contributed by atoms with Gasteiger partial charge in [0.15, 0.2) is 41.6 Å². The quantitative estimate of drug-likeness (QED) is 0.198. The molecule has 4 aromatic heterocycles. The highest BCUT2D eigenvalue weighted by molar-refractivity contribution is 7.46. The van der Waals surface area contributed by atoms with Gasteiger partial charge in [-0.25, -0.2) is 34.3 Å². The van der Waals surface area contributed by atoms with Crippen LogP contribution in [0.25, 0.3) is 22.3 Å². The van der Waals surface area contributed by atoms with Crippen LogP contribution in [-0.2, 0) is 36.7 Å². The third kappa shape index (κ3) is 5.03. The molecule has 0 aromatic carbocycles. The Morgan fingerprint density at radius 3 is 1.89 bits per heavy atom. The monoisotopic (exact) mass is 658 g/mol. The third-order valence-electron chi connectivity index (χ3n) is 7.20. The molecule has 21 nitrogen and oxygen atoms in total. The van der Waals surface area contributed by atoms with Gasteiger partial charge in [0.25, 0.3) is 15.6 Å². The molecule has 7 rings (SSSR count). The van der Waals surface area contributed by atoms with E-state index >= 15 is 4.39 Å². The number of aromatic nitrogens is 8. The second-order valence-electron chi connectivity index (χ2n) is 9.86. The number of aliphatic hydroxyl groups excluding tert-OH is 1. The third-order valence-corrected chi connectivity index (χ3v) is 9.13. The normalized spacial score (nSPS) is 38.3. The van der Waals surface area contributed by atoms with Crippen molar-refractivity contribution in [1.82, 2.24) is 39.0 Å². The van der Waals surface area contributed by atoms with Crippen LogP contribution >= 0.6 is 15.6 Å². The van der Waals surface area contributed by atoms with Crippen molar-refractivity contribution in [3.8, 4) is 0 Å². The molecule has 0 radical (unpaired) electrons. The summed E-state index contributed by atoms with van der Waals surface area (Å²) in [6, 6.07) is 0. The van der Waals surface area contributed by atoms with Crippen LogP contribution in [0.3, 0.4) is 0 Å². The van der Waals surface area contributed by atoms with Crippen LogP contribution in [0.15, 0.2) is 25.3 Å². The van der Waals surface area contributed by atoms with Crippen molar-refractivity contribution in [2.24, 2.45) is 0 Å². The largest absolute Gasteiger partial charge is 0.756 e. The van der Waals surface area contributed by atoms with Crippen LogP contribution in [-0.4, -0.2) is 94.0 Å². The highest BCUT2D eigenvalue weighted by Gasteiger charge is 2.52. The fourth-order valence-electron chi connectivity index (χ4n) is 5.17. The molecule has 10 atom stereocenters. The fraction of sp³-hybridized carbons (Fsp3) is 0.500. The van der Waals surface area contributed by atoms with Crippen molar-refractivity contribution in [3.05, 3.63) is 25.3 Å². The average molecular weight is 658 g/mol. The molecule has 3 aliphatic rings. The number of nitrogens with zero attached hydrogens (tertiary/aromatic N) is 8. The first-order valence-corrected chi connectivity index (χ1v) is 15.6. The zero-order valence-electron chi connectivity index (χ0n) is 21.9. The lowest BCUT2D eigenvalue weighted by molar-refractivity contribution is -0.240. The molecule has 3 fully saturated rings. The van der Waals surface area contributed by atoms with E-state index in [2.05, 4.69) is 29.9 Å². The lowest BCUT2D eigenvalue weighted by Gasteiger charge is -2.31. The smallest absolute Gasteiger partial charge is 0.268 e. The maximum absolute atomic E-state index is 15.8. The maximum atomic E-state index is 15.8. The number of phosphoric acid groups is 2. The predicted molar refractivity (Wildman–Crippen MR) is 135 cm³/mol. The highest BCUT2D eigenvalue weighted by Crippen LogP contribution is 2.51. The molecule has 24 heteroatoms. The first-order chi connectivity index (χ1) is 20.9. The summed E-state index contributed by atoms with van der Waals surface area (Å²) >= 11 is 0. The van der Waals surface area contributed by atoms with Gasteiger partial charge in [-0.05, 0) is 0 Å². The number of aliphatic hydroxyl groups is 1. The van der Waals surface area contributed by atoms with E-state index in [4.69, 9.17) is 39.0 Å². The summed E-state index contributed by atoms with van der Waals surface area (Å²) in [5, 5.41) is 10.9. The summed E-state index contributed by atoms with van der Waals surface area (Å²) in [5.74, 6) is -0.00704. The van der Waals surface area contributed by atoms with Gasteiger partial charge in [-0.15, -0.1) is 0 Å². The molecule has 4 unspecified atom stereocenters.